The van der Waals surface area contributed by atoms with Crippen LogP contribution in [0, 0.1) is 0 Å². The van der Waals surface area contributed by atoms with E-state index in [0.717, 1.165) is 119 Å². The van der Waals surface area contributed by atoms with E-state index in [4.69, 9.17) is 110 Å². The van der Waals surface area contributed by atoms with Crippen LogP contribution in [0.1, 0.15) is 48.4 Å². The minimum Gasteiger partial charge on any atom is -0.399 e. The topological polar surface area (TPSA) is 211 Å². The fourth-order valence-electron chi connectivity index (χ4n) is 11.4. The molecule has 5 N–H and O–H groups in total. The molecule has 1 saturated heterocycles. The zero-order valence-corrected chi connectivity index (χ0v) is 65.1. The normalized spacial score (nSPS) is 12.4. The van der Waals surface area contributed by atoms with Gasteiger partial charge in [0.25, 0.3) is 0 Å². The van der Waals surface area contributed by atoms with Gasteiger partial charge in [-0.1, -0.05) is 167 Å². The zero-order chi connectivity index (χ0) is 76.8. The molecule has 0 unspecified atom stereocenters. The Bertz CT molecular complexity index is 5680. The van der Waals surface area contributed by atoms with Crippen LogP contribution in [-0.2, 0) is 9.31 Å². The molecule has 109 heavy (non-hydrogen) atoms. The predicted octanol–water partition coefficient (Wildman–Crippen LogP) is 23.5. The second-order valence-electron chi connectivity index (χ2n) is 25.6. The van der Waals surface area contributed by atoms with E-state index >= 15 is 0 Å². The number of nitrogens with zero attached hydrogens (tertiary/aromatic N) is 7. The van der Waals surface area contributed by atoms with Crippen LogP contribution in [0.4, 0.5) is 11.4 Å². The van der Waals surface area contributed by atoms with Crippen LogP contribution in [-0.4, -0.2) is 70.8 Å². The lowest BCUT2D eigenvalue weighted by Crippen LogP contribution is -2.41. The average molecular weight is 1620 g/mol. The third kappa shape index (κ3) is 19.2. The van der Waals surface area contributed by atoms with Gasteiger partial charge in [-0.05, 0) is 236 Å². The maximum Gasteiger partial charge on any atom is 0.495 e. The fourth-order valence-corrected chi connectivity index (χ4v) is 13.0. The summed E-state index contributed by atoms with van der Waals surface area (Å²) in [5.41, 5.74) is 28.8. The summed E-state index contributed by atoms with van der Waals surface area (Å²) in [4.78, 5) is 59.0. The van der Waals surface area contributed by atoms with Gasteiger partial charge in [0.2, 0.25) is 0 Å². The van der Waals surface area contributed by atoms with Gasteiger partial charge in [-0.3, -0.25) is 24.5 Å². The Balaban J connectivity index is 0.000000138. The van der Waals surface area contributed by atoms with Crippen molar-refractivity contribution in [2.45, 2.75) is 38.9 Å². The first-order chi connectivity index (χ1) is 52.6. The van der Waals surface area contributed by atoms with E-state index in [9.17, 15) is 9.59 Å². The minimum atomic E-state index is -0.612. The number of carbonyl (C=O) groups is 2. The molecular formula is C87H66BBrCl6N10O4. The molecule has 0 amide bonds. The highest BCUT2D eigenvalue weighted by Crippen LogP contribution is 2.42. The number of imidazole rings is 1. The lowest BCUT2D eigenvalue weighted by Gasteiger charge is -2.32. The van der Waals surface area contributed by atoms with Crippen molar-refractivity contribution >= 4 is 133 Å². The average Bonchev–Trinajstić information content (AvgIpc) is 1.66. The van der Waals surface area contributed by atoms with Gasteiger partial charge in [-0.2, -0.15) is 0 Å². The van der Waals surface area contributed by atoms with Gasteiger partial charge in [0.05, 0.1) is 89.9 Å². The lowest BCUT2D eigenvalue weighted by atomic mass is 9.75. The van der Waals surface area contributed by atoms with Gasteiger partial charge in [0.1, 0.15) is 12.1 Å². The summed E-state index contributed by atoms with van der Waals surface area (Å²) >= 11 is 40.1. The molecule has 1 fully saturated rings. The first-order valence-corrected chi connectivity index (χ1v) is 37.1. The number of pyridine rings is 6. The van der Waals surface area contributed by atoms with Crippen LogP contribution in [0.2, 0.25) is 30.1 Å². The van der Waals surface area contributed by atoms with Crippen molar-refractivity contribution < 1.29 is 18.9 Å². The van der Waals surface area contributed by atoms with Crippen LogP contribution < -0.4 is 16.9 Å². The number of nitrogens with one attached hydrogen (secondary N) is 1. The van der Waals surface area contributed by atoms with E-state index in [0.29, 0.717) is 69.2 Å². The molecular weight excluding hydrogens is 1550 g/mol. The standard InChI is InChI=1S/C29H18Cl2N4.C23H23BN2O3.C23H14Cl2N2O.C6H3BrCl2.C6H8N2/c30-19-12-14-23(31)22(17-19)21-16-18(24-9-5-10-26(33-24)25-6-3-4-15-32-25)11-13-20(21)29-34-27-7-1-2-8-28(27)35-29;1-22(2)23(3,4)29-24(28-22)18-14-16(11-12-17(18)15-27)19-9-7-10-21(26-19)20-8-5-6-13-25-20;24-17-9-10-20(25)19(13-17)18-12-15(7-8-16(18)14-28)21-5-3-6-23(27-21)22-4-1-2-11-26-22;7-5-3-4(8)1-2-6(5)9;7-5-3-1-2-4-6(5)8/h1-17H,(H,34,35);5-15H,1-4H3;1-14H;1-3H;1-4H,7-8H2. The van der Waals surface area contributed by atoms with Crippen molar-refractivity contribution in [1.29, 1.82) is 0 Å². The van der Waals surface area contributed by atoms with E-state index in [-0.39, 0.29) is 0 Å². The molecule has 22 heteroatoms. The van der Waals surface area contributed by atoms with Gasteiger partial charge < -0.3 is 25.8 Å². The predicted molar refractivity (Wildman–Crippen MR) is 451 cm³/mol. The summed E-state index contributed by atoms with van der Waals surface area (Å²) in [7, 11) is -0.612. The first kappa shape index (κ1) is 77.9. The smallest absolute Gasteiger partial charge is 0.399 e. The van der Waals surface area contributed by atoms with Gasteiger partial charge in [-0.25, -0.2) is 19.9 Å². The Hall–Kier alpha value is -10.7. The Morgan fingerprint density at radius 1 is 0.376 bits per heavy atom. The summed E-state index contributed by atoms with van der Waals surface area (Å²) in [5.74, 6) is 0.763. The quantitative estimate of drug-likeness (QED) is 0.0450. The maximum atomic E-state index is 11.7. The molecule has 0 atom stereocenters. The van der Waals surface area contributed by atoms with Crippen molar-refractivity contribution in [3.63, 3.8) is 0 Å². The number of halogens is 7. The van der Waals surface area contributed by atoms with Crippen LogP contribution in [0.3, 0.4) is 0 Å². The molecule has 0 saturated carbocycles. The molecule has 0 spiro atoms. The molecule has 540 valence electrons. The number of rotatable bonds is 12. The molecule has 8 aromatic carbocycles. The molecule has 15 aromatic rings. The third-order valence-corrected chi connectivity index (χ3v) is 20.4. The Labute approximate surface area is 669 Å². The lowest BCUT2D eigenvalue weighted by molar-refractivity contribution is 0.00578. The number of aldehydes is 2. The van der Waals surface area contributed by atoms with Gasteiger partial charge in [-0.15, -0.1) is 0 Å². The third-order valence-electron chi connectivity index (χ3n) is 17.8. The summed E-state index contributed by atoms with van der Waals surface area (Å²) in [6.07, 6.45) is 6.90. The van der Waals surface area contributed by atoms with E-state index in [1.165, 1.54) is 0 Å². The van der Waals surface area contributed by atoms with Crippen molar-refractivity contribution in [2.24, 2.45) is 0 Å². The molecule has 14 nitrogen and oxygen atoms in total. The maximum absolute atomic E-state index is 11.7. The minimum absolute atomic E-state index is 0.481. The van der Waals surface area contributed by atoms with Gasteiger partial charge >= 0.3 is 7.12 Å². The molecule has 0 aliphatic carbocycles. The van der Waals surface area contributed by atoms with E-state index in [1.807, 2.05) is 210 Å². The molecule has 0 bridgehead atoms. The molecule has 7 aromatic heterocycles. The Morgan fingerprint density at radius 2 is 0.780 bits per heavy atom. The number of para-hydroxylation sites is 4. The Kier molecular flexibility index (Phi) is 25.4. The van der Waals surface area contributed by atoms with Gasteiger partial charge in [0, 0.05) is 87.1 Å². The molecule has 16 rings (SSSR count). The number of fused-ring (bicyclic) bond motifs is 1. The summed E-state index contributed by atoms with van der Waals surface area (Å²) < 4.78 is 13.2. The van der Waals surface area contributed by atoms with Crippen LogP contribution in [0.5, 0.6) is 0 Å². The monoisotopic (exact) mass is 1610 g/mol. The number of hydrogen-bond acceptors (Lipinski definition) is 13. The van der Waals surface area contributed by atoms with Crippen molar-refractivity contribution in [1.82, 2.24) is 39.9 Å². The highest BCUT2D eigenvalue weighted by atomic mass is 79.9. The molecule has 1 aliphatic heterocycles. The number of hydrogen-bond donors (Lipinski definition) is 3. The number of nitrogens with two attached hydrogens (primary N) is 2. The van der Waals surface area contributed by atoms with Crippen LogP contribution >= 0.6 is 85.5 Å². The summed E-state index contributed by atoms with van der Waals surface area (Å²) in [6, 6.07) is 83.3. The largest absolute Gasteiger partial charge is 0.495 e. The van der Waals surface area contributed by atoms with Crippen LogP contribution in [0.25, 0.3) is 113 Å². The van der Waals surface area contributed by atoms with E-state index in [2.05, 4.69) is 54.1 Å². The number of aromatic amines is 1. The highest BCUT2D eigenvalue weighted by molar-refractivity contribution is 9.10. The van der Waals surface area contributed by atoms with E-state index in [1.54, 1.807) is 85.3 Å². The van der Waals surface area contributed by atoms with E-state index < -0.39 is 18.3 Å². The van der Waals surface area contributed by atoms with Crippen molar-refractivity contribution in [3.05, 3.63) is 331 Å². The van der Waals surface area contributed by atoms with Gasteiger partial charge in [0.15, 0.2) is 6.29 Å². The van der Waals surface area contributed by atoms with Crippen molar-refractivity contribution in [3.8, 4) is 102 Å². The Morgan fingerprint density at radius 3 is 1.23 bits per heavy atom. The first-order valence-electron chi connectivity index (χ1n) is 34.0. The molecule has 8 heterocycles. The second kappa shape index (κ2) is 35.5. The number of aromatic nitrogens is 8. The summed E-state index contributed by atoms with van der Waals surface area (Å²) in [6.45, 7) is 7.98. The zero-order valence-electron chi connectivity index (χ0n) is 58.9. The number of benzene rings is 8. The number of carbonyl (C=O) groups excluding carboxylic acids is 2. The number of H-pyrrole nitrogens is 1. The van der Waals surface area contributed by atoms with Crippen LogP contribution in [0.15, 0.2) is 290 Å². The van der Waals surface area contributed by atoms with Crippen molar-refractivity contribution in [2.75, 3.05) is 11.5 Å². The summed E-state index contributed by atoms with van der Waals surface area (Å²) in [5, 5.41) is 3.67. The molecule has 1 aliphatic rings. The highest BCUT2D eigenvalue weighted by Gasteiger charge is 2.52. The second-order valence-corrected chi connectivity index (χ2v) is 29.0. The number of anilines is 2. The number of nitrogen functional groups attached to an aromatic ring is 2. The molecule has 0 radical (unpaired) electrons. The SMILES string of the molecule is CC1(C)OB(c2cc(-c3cccc(-c4ccccn4)n3)ccc2C=O)OC1(C)C.Clc1ccc(Cl)c(-c2cc(-c3cccc(-c4ccccn4)n3)ccc2-c2nc3ccccc3[nH]2)c1.Clc1ccc(Cl)c(Br)c1.Nc1ccccc1N.O=Cc1ccc(-c2cccc(-c3ccccn3)n2)cc1-c1cc(Cl)ccc1Cl. The fraction of sp³-hybridized carbons (Fsp3) is 0.0690.